The van der Waals surface area contributed by atoms with E-state index < -0.39 is 6.09 Å². The van der Waals surface area contributed by atoms with Crippen LogP contribution in [-0.2, 0) is 6.54 Å². The van der Waals surface area contributed by atoms with E-state index in [0.29, 0.717) is 6.54 Å². The van der Waals surface area contributed by atoms with E-state index in [2.05, 4.69) is 25.9 Å². The van der Waals surface area contributed by atoms with Crippen LogP contribution < -0.4 is 5.32 Å². The minimum atomic E-state index is -0.972. The Morgan fingerprint density at radius 3 is 2.90 bits per heavy atom. The molecule has 0 spiro atoms. The van der Waals surface area contributed by atoms with Crippen LogP contribution in [0.5, 0.6) is 0 Å². The Labute approximate surface area is 121 Å². The van der Waals surface area contributed by atoms with Gasteiger partial charge >= 0.3 is 6.09 Å². The molecule has 0 bridgehead atoms. The van der Waals surface area contributed by atoms with Crippen molar-refractivity contribution in [2.75, 3.05) is 6.54 Å². The molecular formula is C15H16N4O2. The van der Waals surface area contributed by atoms with Gasteiger partial charge in [0.2, 0.25) is 0 Å². The summed E-state index contributed by atoms with van der Waals surface area (Å²) in [5.41, 5.74) is 2.93. The molecule has 0 saturated carbocycles. The molecule has 0 aliphatic heterocycles. The maximum atomic E-state index is 10.4. The second kappa shape index (κ2) is 5.78. The molecule has 108 valence electrons. The second-order valence-corrected chi connectivity index (χ2v) is 4.89. The van der Waals surface area contributed by atoms with E-state index in [4.69, 9.17) is 5.11 Å². The molecule has 0 unspecified atom stereocenters. The van der Waals surface area contributed by atoms with E-state index in [9.17, 15) is 4.79 Å². The molecular weight excluding hydrogens is 268 g/mol. The van der Waals surface area contributed by atoms with E-state index in [0.717, 1.165) is 41.3 Å². The lowest BCUT2D eigenvalue weighted by atomic mass is 10.2. The van der Waals surface area contributed by atoms with Gasteiger partial charge < -0.3 is 15.0 Å². The molecule has 3 rings (SSSR count). The third-order valence-corrected chi connectivity index (χ3v) is 3.45. The topological polar surface area (TPSA) is 80.0 Å². The fourth-order valence-corrected chi connectivity index (χ4v) is 2.47. The summed E-state index contributed by atoms with van der Waals surface area (Å²) in [6.07, 6.45) is 4.33. The summed E-state index contributed by atoms with van der Waals surface area (Å²) in [6.45, 7) is 1.29. The molecule has 0 aliphatic carbocycles. The number of carboxylic acid groups (broad SMARTS) is 1. The van der Waals surface area contributed by atoms with Crippen LogP contribution in [0.3, 0.4) is 0 Å². The summed E-state index contributed by atoms with van der Waals surface area (Å²) in [5.74, 6) is 0. The number of imidazole rings is 1. The van der Waals surface area contributed by atoms with Crippen LogP contribution in [0.15, 0.2) is 36.8 Å². The van der Waals surface area contributed by atoms with Crippen molar-refractivity contribution in [3.05, 3.63) is 36.8 Å². The van der Waals surface area contributed by atoms with Crippen LogP contribution in [0.2, 0.25) is 0 Å². The number of hydrogen-bond acceptors (Lipinski definition) is 3. The third-order valence-electron chi connectivity index (χ3n) is 3.45. The van der Waals surface area contributed by atoms with Crippen molar-refractivity contribution in [1.82, 2.24) is 19.9 Å². The third kappa shape index (κ3) is 2.79. The molecule has 6 nitrogen and oxygen atoms in total. The molecule has 0 radical (unpaired) electrons. The number of nitrogens with one attached hydrogen (secondary N) is 1. The van der Waals surface area contributed by atoms with Gasteiger partial charge in [-0.15, -0.1) is 0 Å². The zero-order valence-electron chi connectivity index (χ0n) is 11.5. The van der Waals surface area contributed by atoms with Gasteiger partial charge in [0.1, 0.15) is 5.52 Å². The number of unbranched alkanes of at least 4 members (excludes halogenated alkanes) is 1. The van der Waals surface area contributed by atoms with Crippen LogP contribution >= 0.6 is 0 Å². The van der Waals surface area contributed by atoms with Crippen LogP contribution in [0, 0.1) is 0 Å². The Kier molecular flexibility index (Phi) is 3.68. The number of hydrogen-bond donors (Lipinski definition) is 2. The first-order valence-corrected chi connectivity index (χ1v) is 6.91. The zero-order valence-corrected chi connectivity index (χ0v) is 11.5. The van der Waals surface area contributed by atoms with Crippen molar-refractivity contribution in [3.63, 3.8) is 0 Å². The molecule has 21 heavy (non-hydrogen) atoms. The van der Waals surface area contributed by atoms with Crippen molar-refractivity contribution in [1.29, 1.82) is 0 Å². The Hall–Kier alpha value is -2.63. The predicted molar refractivity (Wildman–Crippen MR) is 80.3 cm³/mol. The van der Waals surface area contributed by atoms with Crippen LogP contribution in [0.25, 0.3) is 21.9 Å². The van der Waals surface area contributed by atoms with Gasteiger partial charge in [0.05, 0.1) is 23.6 Å². The van der Waals surface area contributed by atoms with Crippen molar-refractivity contribution < 1.29 is 9.90 Å². The van der Waals surface area contributed by atoms with Gasteiger partial charge in [-0.05, 0) is 18.9 Å². The van der Waals surface area contributed by atoms with Crippen LogP contribution in [0.4, 0.5) is 4.79 Å². The number of aromatic nitrogens is 3. The van der Waals surface area contributed by atoms with Gasteiger partial charge in [0, 0.05) is 18.5 Å². The molecule has 0 saturated heterocycles. The number of amides is 1. The van der Waals surface area contributed by atoms with E-state index in [1.165, 1.54) is 0 Å². The molecule has 0 atom stereocenters. The lowest BCUT2D eigenvalue weighted by molar-refractivity contribution is 0.194. The van der Waals surface area contributed by atoms with Gasteiger partial charge in [-0.1, -0.05) is 18.2 Å². The monoisotopic (exact) mass is 284 g/mol. The average molecular weight is 284 g/mol. The van der Waals surface area contributed by atoms with Crippen LogP contribution in [-0.4, -0.2) is 32.3 Å². The SMILES string of the molecule is O=C(O)NCCCCn1cnc2cnc3ccccc3c21. The van der Waals surface area contributed by atoms with E-state index in [1.807, 2.05) is 24.5 Å². The lowest BCUT2D eigenvalue weighted by Crippen LogP contribution is -2.21. The fourth-order valence-electron chi connectivity index (χ4n) is 2.47. The minimum Gasteiger partial charge on any atom is -0.465 e. The predicted octanol–water partition coefficient (Wildman–Crippen LogP) is 2.63. The second-order valence-electron chi connectivity index (χ2n) is 4.89. The van der Waals surface area contributed by atoms with Crippen LogP contribution in [0.1, 0.15) is 12.8 Å². The van der Waals surface area contributed by atoms with Crippen molar-refractivity contribution in [3.8, 4) is 0 Å². The summed E-state index contributed by atoms with van der Waals surface area (Å²) >= 11 is 0. The number of para-hydroxylation sites is 1. The lowest BCUT2D eigenvalue weighted by Gasteiger charge is -2.06. The van der Waals surface area contributed by atoms with Gasteiger partial charge in [-0.2, -0.15) is 0 Å². The smallest absolute Gasteiger partial charge is 0.404 e. The first-order valence-electron chi connectivity index (χ1n) is 6.91. The maximum Gasteiger partial charge on any atom is 0.404 e. The summed E-state index contributed by atoms with van der Waals surface area (Å²) in [5, 5.41) is 12.0. The Balaban J connectivity index is 1.79. The number of carbonyl (C=O) groups is 1. The van der Waals surface area contributed by atoms with Gasteiger partial charge in [-0.3, -0.25) is 4.98 Å². The van der Waals surface area contributed by atoms with E-state index in [1.54, 1.807) is 6.20 Å². The largest absolute Gasteiger partial charge is 0.465 e. The molecule has 2 heterocycles. The molecule has 6 heteroatoms. The standard InChI is InChI=1S/C15H16N4O2/c20-15(21)16-7-3-4-8-19-10-18-13-9-17-12-6-2-1-5-11(12)14(13)19/h1-2,5-6,9-10,16H,3-4,7-8H2,(H,20,21). The molecule has 0 fully saturated rings. The quantitative estimate of drug-likeness (QED) is 0.706. The first-order chi connectivity index (χ1) is 10.3. The number of nitrogens with zero attached hydrogens (tertiary/aromatic N) is 3. The van der Waals surface area contributed by atoms with Crippen molar-refractivity contribution >= 4 is 28.0 Å². The number of benzene rings is 1. The normalized spacial score (nSPS) is 11.0. The number of aryl methyl sites for hydroxylation is 1. The summed E-state index contributed by atoms with van der Waals surface area (Å²) in [7, 11) is 0. The highest BCUT2D eigenvalue weighted by molar-refractivity contribution is 6.01. The van der Waals surface area contributed by atoms with Gasteiger partial charge in [0.25, 0.3) is 0 Å². The van der Waals surface area contributed by atoms with E-state index >= 15 is 0 Å². The molecule has 2 aromatic heterocycles. The summed E-state index contributed by atoms with van der Waals surface area (Å²) < 4.78 is 2.11. The Morgan fingerprint density at radius 2 is 2.05 bits per heavy atom. The highest BCUT2D eigenvalue weighted by atomic mass is 16.4. The summed E-state index contributed by atoms with van der Waals surface area (Å²) in [4.78, 5) is 19.2. The van der Waals surface area contributed by atoms with Crippen molar-refractivity contribution in [2.45, 2.75) is 19.4 Å². The van der Waals surface area contributed by atoms with E-state index in [-0.39, 0.29) is 0 Å². The average Bonchev–Trinajstić information content (AvgIpc) is 2.90. The van der Waals surface area contributed by atoms with Gasteiger partial charge in [0.15, 0.2) is 0 Å². The Bertz CT molecular complexity index is 782. The fraction of sp³-hybridized carbons (Fsp3) is 0.267. The zero-order chi connectivity index (χ0) is 14.7. The summed E-state index contributed by atoms with van der Waals surface area (Å²) in [6, 6.07) is 8.01. The number of rotatable bonds is 5. The highest BCUT2D eigenvalue weighted by Gasteiger charge is 2.07. The molecule has 1 aromatic carbocycles. The highest BCUT2D eigenvalue weighted by Crippen LogP contribution is 2.22. The Morgan fingerprint density at radius 1 is 1.19 bits per heavy atom. The molecule has 0 aliphatic rings. The minimum absolute atomic E-state index is 0.476. The number of pyridine rings is 1. The first kappa shape index (κ1) is 13.4. The molecule has 1 amide bonds. The molecule has 2 N–H and O–H groups in total. The number of fused-ring (bicyclic) bond motifs is 3. The van der Waals surface area contributed by atoms with Crippen molar-refractivity contribution in [2.24, 2.45) is 0 Å². The maximum absolute atomic E-state index is 10.4. The molecule has 3 aromatic rings. The van der Waals surface area contributed by atoms with Gasteiger partial charge in [-0.25, -0.2) is 9.78 Å².